The maximum atomic E-state index is 11.9. The topological polar surface area (TPSA) is 74.0 Å². The van der Waals surface area contributed by atoms with E-state index in [4.69, 9.17) is 5.26 Å². The fourth-order valence-corrected chi connectivity index (χ4v) is 1.92. The van der Waals surface area contributed by atoms with Crippen molar-refractivity contribution in [3.8, 4) is 6.07 Å². The van der Waals surface area contributed by atoms with Gasteiger partial charge in [-0.25, -0.2) is 4.98 Å². The van der Waals surface area contributed by atoms with Crippen LogP contribution < -0.4 is 5.32 Å². The van der Waals surface area contributed by atoms with Crippen molar-refractivity contribution in [2.45, 2.75) is 6.54 Å². The van der Waals surface area contributed by atoms with E-state index in [1.54, 1.807) is 30.5 Å². The fourth-order valence-electron chi connectivity index (χ4n) is 1.92. The van der Waals surface area contributed by atoms with Gasteiger partial charge in [0.25, 0.3) is 0 Å². The Bertz CT molecular complexity index is 653. The molecule has 2 aromatic rings. The molecule has 0 bridgehead atoms. The first-order chi connectivity index (χ1) is 10.1. The molecule has 6 heteroatoms. The van der Waals surface area contributed by atoms with Crippen LogP contribution in [-0.4, -0.2) is 34.0 Å². The number of rotatable bonds is 5. The van der Waals surface area contributed by atoms with Crippen LogP contribution in [-0.2, 0) is 18.4 Å². The summed E-state index contributed by atoms with van der Waals surface area (Å²) in [5.74, 6) is 0.806. The van der Waals surface area contributed by atoms with Crippen LogP contribution in [0.1, 0.15) is 11.4 Å². The van der Waals surface area contributed by atoms with Crippen LogP contribution >= 0.6 is 0 Å². The smallest absolute Gasteiger partial charge is 0.238 e. The Morgan fingerprint density at radius 3 is 2.71 bits per heavy atom. The molecule has 1 aromatic heterocycles. The van der Waals surface area contributed by atoms with Crippen molar-refractivity contribution in [2.24, 2.45) is 7.05 Å². The van der Waals surface area contributed by atoms with Crippen molar-refractivity contribution < 1.29 is 4.79 Å². The summed E-state index contributed by atoms with van der Waals surface area (Å²) in [4.78, 5) is 18.1. The first-order valence-electron chi connectivity index (χ1n) is 6.53. The molecule has 0 saturated heterocycles. The van der Waals surface area contributed by atoms with Crippen LogP contribution in [0.25, 0.3) is 0 Å². The number of hydrogen-bond acceptors (Lipinski definition) is 4. The summed E-state index contributed by atoms with van der Waals surface area (Å²) >= 11 is 0. The molecule has 0 aliphatic heterocycles. The Hall–Kier alpha value is -2.65. The molecule has 0 aliphatic carbocycles. The Morgan fingerprint density at radius 1 is 1.43 bits per heavy atom. The van der Waals surface area contributed by atoms with Gasteiger partial charge in [0.05, 0.1) is 24.7 Å². The fraction of sp³-hybridized carbons (Fsp3) is 0.267. The lowest BCUT2D eigenvalue weighted by atomic mass is 10.2. The van der Waals surface area contributed by atoms with Gasteiger partial charge in [-0.05, 0) is 31.3 Å². The van der Waals surface area contributed by atoms with Crippen LogP contribution in [0.5, 0.6) is 0 Å². The summed E-state index contributed by atoms with van der Waals surface area (Å²) in [6.45, 7) is 0.872. The van der Waals surface area contributed by atoms with Crippen LogP contribution in [0.2, 0.25) is 0 Å². The minimum absolute atomic E-state index is 0.101. The molecule has 21 heavy (non-hydrogen) atoms. The summed E-state index contributed by atoms with van der Waals surface area (Å²) in [6.07, 6.45) is 3.61. The van der Waals surface area contributed by atoms with Crippen molar-refractivity contribution in [1.82, 2.24) is 14.5 Å². The number of nitriles is 1. The third-order valence-electron chi connectivity index (χ3n) is 3.04. The number of amides is 1. The molecule has 0 unspecified atom stereocenters. The van der Waals surface area contributed by atoms with Gasteiger partial charge in [-0.3, -0.25) is 9.69 Å². The number of carbonyl (C=O) groups is 1. The maximum Gasteiger partial charge on any atom is 0.238 e. The molecule has 0 fully saturated rings. The summed E-state index contributed by atoms with van der Waals surface area (Å²) in [6, 6.07) is 8.82. The van der Waals surface area contributed by atoms with Crippen LogP contribution in [0.4, 0.5) is 5.69 Å². The lowest BCUT2D eigenvalue weighted by Crippen LogP contribution is -2.30. The number of likely N-dealkylation sites (N-methyl/N-ethyl adjacent to an activating group) is 1. The SMILES string of the molecule is CN(CC(=O)Nc1ccc(C#N)cc1)Cc1nccn1C. The second kappa shape index (κ2) is 6.68. The van der Waals surface area contributed by atoms with Gasteiger partial charge in [-0.1, -0.05) is 0 Å². The molecule has 0 atom stereocenters. The molecule has 6 nitrogen and oxygen atoms in total. The average molecular weight is 283 g/mol. The number of aryl methyl sites for hydroxylation is 1. The number of anilines is 1. The number of nitrogens with zero attached hydrogens (tertiary/aromatic N) is 4. The number of hydrogen-bond donors (Lipinski definition) is 1. The van der Waals surface area contributed by atoms with Gasteiger partial charge in [0.2, 0.25) is 5.91 Å². The molecule has 0 radical (unpaired) electrons. The minimum Gasteiger partial charge on any atom is -0.337 e. The Balaban J connectivity index is 1.86. The minimum atomic E-state index is -0.101. The summed E-state index contributed by atoms with van der Waals surface area (Å²) < 4.78 is 1.93. The molecule has 1 N–H and O–H groups in total. The monoisotopic (exact) mass is 283 g/mol. The predicted octanol–water partition coefficient (Wildman–Crippen LogP) is 1.36. The highest BCUT2D eigenvalue weighted by molar-refractivity contribution is 5.92. The Morgan fingerprint density at radius 2 is 2.14 bits per heavy atom. The van der Waals surface area contributed by atoms with E-state index in [2.05, 4.69) is 10.3 Å². The zero-order valence-corrected chi connectivity index (χ0v) is 12.1. The predicted molar refractivity (Wildman–Crippen MR) is 79.3 cm³/mol. The third-order valence-corrected chi connectivity index (χ3v) is 3.04. The normalized spacial score (nSPS) is 10.4. The van der Waals surface area contributed by atoms with Gasteiger partial charge >= 0.3 is 0 Å². The van der Waals surface area contributed by atoms with E-state index < -0.39 is 0 Å². The molecular formula is C15H17N5O. The number of benzene rings is 1. The van der Waals surface area contributed by atoms with Crippen LogP contribution in [0, 0.1) is 11.3 Å². The van der Waals surface area contributed by atoms with E-state index in [1.807, 2.05) is 35.8 Å². The molecule has 108 valence electrons. The van der Waals surface area contributed by atoms with E-state index in [-0.39, 0.29) is 12.5 Å². The molecule has 1 amide bonds. The number of aromatic nitrogens is 2. The first kappa shape index (κ1) is 14.8. The highest BCUT2D eigenvalue weighted by Crippen LogP contribution is 2.09. The zero-order chi connectivity index (χ0) is 15.2. The van der Waals surface area contributed by atoms with Gasteiger partial charge < -0.3 is 9.88 Å². The van der Waals surface area contributed by atoms with Crippen LogP contribution in [0.15, 0.2) is 36.7 Å². The van der Waals surface area contributed by atoms with E-state index in [1.165, 1.54) is 0 Å². The van der Waals surface area contributed by atoms with Gasteiger partial charge in [-0.15, -0.1) is 0 Å². The van der Waals surface area contributed by atoms with E-state index in [0.29, 0.717) is 17.8 Å². The standard InChI is InChI=1S/C15H17N5O/c1-19(10-14-17-7-8-20(14)2)11-15(21)18-13-5-3-12(9-16)4-6-13/h3-8H,10-11H2,1-2H3,(H,18,21). The van der Waals surface area contributed by atoms with Crippen molar-refractivity contribution >= 4 is 11.6 Å². The van der Waals surface area contributed by atoms with Crippen LogP contribution in [0.3, 0.4) is 0 Å². The van der Waals surface area contributed by atoms with Gasteiger partial charge in [-0.2, -0.15) is 5.26 Å². The van der Waals surface area contributed by atoms with E-state index in [0.717, 1.165) is 5.82 Å². The highest BCUT2D eigenvalue weighted by Gasteiger charge is 2.09. The number of nitrogens with one attached hydrogen (secondary N) is 1. The molecule has 1 aromatic carbocycles. The zero-order valence-electron chi connectivity index (χ0n) is 12.1. The quantitative estimate of drug-likeness (QED) is 0.899. The molecular weight excluding hydrogens is 266 g/mol. The summed E-state index contributed by atoms with van der Waals surface area (Å²) in [7, 11) is 3.79. The summed E-state index contributed by atoms with van der Waals surface area (Å²) in [5.41, 5.74) is 1.25. The third kappa shape index (κ3) is 4.16. The lowest BCUT2D eigenvalue weighted by Gasteiger charge is -2.16. The number of carbonyl (C=O) groups excluding carboxylic acids is 1. The molecule has 2 rings (SSSR count). The van der Waals surface area contributed by atoms with Crippen molar-refractivity contribution in [3.05, 3.63) is 48.0 Å². The largest absolute Gasteiger partial charge is 0.337 e. The van der Waals surface area contributed by atoms with E-state index in [9.17, 15) is 4.79 Å². The maximum absolute atomic E-state index is 11.9. The lowest BCUT2D eigenvalue weighted by molar-refractivity contribution is -0.117. The van der Waals surface area contributed by atoms with Gasteiger partial charge in [0.1, 0.15) is 5.82 Å². The van der Waals surface area contributed by atoms with Gasteiger partial charge in [0.15, 0.2) is 0 Å². The first-order valence-corrected chi connectivity index (χ1v) is 6.53. The van der Waals surface area contributed by atoms with E-state index >= 15 is 0 Å². The molecule has 0 saturated carbocycles. The Labute approximate surface area is 123 Å². The second-order valence-corrected chi connectivity index (χ2v) is 4.86. The van der Waals surface area contributed by atoms with Crippen molar-refractivity contribution in [2.75, 3.05) is 18.9 Å². The summed E-state index contributed by atoms with van der Waals surface area (Å²) in [5, 5.41) is 11.5. The molecule has 1 heterocycles. The van der Waals surface area contributed by atoms with Crippen molar-refractivity contribution in [1.29, 1.82) is 5.26 Å². The van der Waals surface area contributed by atoms with Gasteiger partial charge in [0, 0.05) is 25.1 Å². The number of imidazole rings is 1. The highest BCUT2D eigenvalue weighted by atomic mass is 16.2. The van der Waals surface area contributed by atoms with Crippen molar-refractivity contribution in [3.63, 3.8) is 0 Å². The average Bonchev–Trinajstić information content (AvgIpc) is 2.84. The Kier molecular flexibility index (Phi) is 4.69. The molecule has 0 aliphatic rings. The second-order valence-electron chi connectivity index (χ2n) is 4.86. The molecule has 0 spiro atoms.